The van der Waals surface area contributed by atoms with E-state index in [1.807, 2.05) is 24.3 Å². The maximum atomic E-state index is 13.3. The molecule has 5 rings (SSSR count). The zero-order valence-corrected chi connectivity index (χ0v) is 21.1. The lowest BCUT2D eigenvalue weighted by atomic mass is 9.95. The number of ether oxygens (including phenoxy) is 2. The Labute approximate surface area is 210 Å². The Morgan fingerprint density at radius 1 is 1.06 bits per heavy atom. The molecule has 0 aliphatic carbocycles. The van der Waals surface area contributed by atoms with Crippen molar-refractivity contribution in [2.24, 2.45) is 0 Å². The van der Waals surface area contributed by atoms with Gasteiger partial charge in [0, 0.05) is 30.4 Å². The predicted octanol–water partition coefficient (Wildman–Crippen LogP) is 5.28. The van der Waals surface area contributed by atoms with Gasteiger partial charge in [0.05, 0.1) is 19.8 Å². The van der Waals surface area contributed by atoms with Gasteiger partial charge < -0.3 is 14.0 Å². The molecule has 2 saturated heterocycles. The molecule has 0 bridgehead atoms. The van der Waals surface area contributed by atoms with Crippen molar-refractivity contribution >= 4 is 11.8 Å². The number of rotatable bonds is 9. The van der Waals surface area contributed by atoms with Gasteiger partial charge in [-0.05, 0) is 62.5 Å². The van der Waals surface area contributed by atoms with Crippen LogP contribution in [0.2, 0.25) is 0 Å². The Hall–Kier alpha value is -2.42. The fourth-order valence-corrected chi connectivity index (χ4v) is 5.94. The Kier molecular flexibility index (Phi) is 8.01. The summed E-state index contributed by atoms with van der Waals surface area (Å²) in [5.74, 6) is 2.95. The molecule has 0 amide bonds. The van der Waals surface area contributed by atoms with E-state index in [2.05, 4.69) is 31.8 Å². The summed E-state index contributed by atoms with van der Waals surface area (Å²) in [7, 11) is 1.73. The maximum absolute atomic E-state index is 13.3. The third-order valence-corrected chi connectivity index (χ3v) is 8.01. The molecule has 8 heteroatoms. The molecule has 2 aromatic carbocycles. The first-order valence-electron chi connectivity index (χ1n) is 12.5. The number of hydrogen-bond acceptors (Lipinski definition) is 6. The van der Waals surface area contributed by atoms with Crippen molar-refractivity contribution in [1.82, 2.24) is 19.7 Å². The molecule has 0 radical (unpaired) electrons. The summed E-state index contributed by atoms with van der Waals surface area (Å²) in [5, 5.41) is 10.2. The number of aromatic nitrogens is 3. The zero-order chi connectivity index (χ0) is 24.0. The van der Waals surface area contributed by atoms with Gasteiger partial charge in [-0.15, -0.1) is 10.2 Å². The summed E-state index contributed by atoms with van der Waals surface area (Å²) >= 11 is 1.67. The largest absolute Gasteiger partial charge is 0.496 e. The van der Waals surface area contributed by atoms with Gasteiger partial charge in [0.25, 0.3) is 0 Å². The topological polar surface area (TPSA) is 52.4 Å². The fourth-order valence-electron chi connectivity index (χ4n) is 5.02. The molecule has 1 unspecified atom stereocenters. The number of piperidine rings is 1. The lowest BCUT2D eigenvalue weighted by Gasteiger charge is -2.32. The lowest BCUT2D eigenvalue weighted by molar-refractivity contribution is 0.0931. The maximum Gasteiger partial charge on any atom is 0.191 e. The Bertz CT molecular complexity index is 1090. The number of para-hydroxylation sites is 1. The number of nitrogens with zero attached hydrogens (tertiary/aromatic N) is 4. The Morgan fingerprint density at radius 3 is 2.60 bits per heavy atom. The van der Waals surface area contributed by atoms with E-state index in [0.29, 0.717) is 5.92 Å². The SMILES string of the molecule is COc1ccccc1CN1CCC(c2nnc(SCc3ccc(F)cc3)n2CC2CCCO2)CC1. The van der Waals surface area contributed by atoms with E-state index in [1.54, 1.807) is 18.9 Å². The molecule has 186 valence electrons. The molecule has 2 aliphatic heterocycles. The number of benzene rings is 2. The quantitative estimate of drug-likeness (QED) is 0.376. The predicted molar refractivity (Wildman–Crippen MR) is 135 cm³/mol. The monoisotopic (exact) mass is 496 g/mol. The molecule has 3 heterocycles. The van der Waals surface area contributed by atoms with Crippen LogP contribution in [-0.2, 0) is 23.6 Å². The van der Waals surface area contributed by atoms with Gasteiger partial charge in [0.2, 0.25) is 0 Å². The van der Waals surface area contributed by atoms with Gasteiger partial charge in [0.1, 0.15) is 17.4 Å². The number of likely N-dealkylation sites (tertiary alicyclic amines) is 1. The van der Waals surface area contributed by atoms with Crippen molar-refractivity contribution in [3.05, 3.63) is 71.3 Å². The number of halogens is 1. The van der Waals surface area contributed by atoms with Crippen molar-refractivity contribution in [1.29, 1.82) is 0 Å². The molecule has 0 N–H and O–H groups in total. The molecule has 1 atom stereocenters. The molecular formula is C27H33FN4O2S. The fraction of sp³-hybridized carbons (Fsp3) is 0.481. The highest BCUT2D eigenvalue weighted by atomic mass is 32.2. The Balaban J connectivity index is 1.26. The van der Waals surface area contributed by atoms with Gasteiger partial charge in [-0.2, -0.15) is 0 Å². The third kappa shape index (κ3) is 6.05. The van der Waals surface area contributed by atoms with Crippen LogP contribution in [0, 0.1) is 5.82 Å². The van der Waals surface area contributed by atoms with Crippen LogP contribution in [0.3, 0.4) is 0 Å². The third-order valence-electron chi connectivity index (χ3n) is 6.98. The minimum atomic E-state index is -0.209. The minimum Gasteiger partial charge on any atom is -0.496 e. The first-order valence-corrected chi connectivity index (χ1v) is 13.4. The molecule has 0 spiro atoms. The molecule has 3 aromatic rings. The molecule has 0 saturated carbocycles. The number of hydrogen-bond donors (Lipinski definition) is 0. The second kappa shape index (κ2) is 11.5. The van der Waals surface area contributed by atoms with E-state index in [4.69, 9.17) is 9.47 Å². The normalized spacial score (nSPS) is 19.3. The standard InChI is InChI=1S/C27H33FN4O2S/c1-33-25-7-3-2-5-22(25)17-31-14-12-21(13-15-31)26-29-30-27(32(26)18-24-6-4-16-34-24)35-19-20-8-10-23(28)11-9-20/h2-3,5,7-11,21,24H,4,6,12-19H2,1H3. The second-order valence-corrected chi connectivity index (χ2v) is 10.3. The average molecular weight is 497 g/mol. The van der Waals surface area contributed by atoms with E-state index < -0.39 is 0 Å². The molecule has 2 fully saturated rings. The first-order chi connectivity index (χ1) is 17.2. The van der Waals surface area contributed by atoms with Crippen molar-refractivity contribution in [3.63, 3.8) is 0 Å². The molecule has 35 heavy (non-hydrogen) atoms. The summed E-state index contributed by atoms with van der Waals surface area (Å²) in [6.07, 6.45) is 4.53. The lowest BCUT2D eigenvalue weighted by Crippen LogP contribution is -2.33. The minimum absolute atomic E-state index is 0.209. The van der Waals surface area contributed by atoms with E-state index in [9.17, 15) is 4.39 Å². The van der Waals surface area contributed by atoms with Crippen LogP contribution >= 0.6 is 11.8 Å². The molecule has 1 aromatic heterocycles. The first kappa shape index (κ1) is 24.3. The summed E-state index contributed by atoms with van der Waals surface area (Å²) in [6, 6.07) is 15.0. The highest BCUT2D eigenvalue weighted by molar-refractivity contribution is 7.98. The van der Waals surface area contributed by atoms with E-state index >= 15 is 0 Å². The zero-order valence-electron chi connectivity index (χ0n) is 20.2. The van der Waals surface area contributed by atoms with Crippen LogP contribution in [0.15, 0.2) is 53.7 Å². The van der Waals surface area contributed by atoms with Crippen molar-refractivity contribution in [3.8, 4) is 5.75 Å². The number of thioether (sulfide) groups is 1. The van der Waals surface area contributed by atoms with E-state index in [-0.39, 0.29) is 11.9 Å². The molecular weight excluding hydrogens is 463 g/mol. The average Bonchev–Trinajstić information content (AvgIpc) is 3.55. The van der Waals surface area contributed by atoms with Crippen LogP contribution in [0.25, 0.3) is 0 Å². The summed E-state index contributed by atoms with van der Waals surface area (Å²) < 4.78 is 27.1. The van der Waals surface area contributed by atoms with Gasteiger partial charge in [-0.1, -0.05) is 42.1 Å². The van der Waals surface area contributed by atoms with Gasteiger partial charge in [-0.3, -0.25) is 4.90 Å². The van der Waals surface area contributed by atoms with Crippen LogP contribution in [0.1, 0.15) is 48.6 Å². The summed E-state index contributed by atoms with van der Waals surface area (Å²) in [5.41, 5.74) is 2.31. The summed E-state index contributed by atoms with van der Waals surface area (Å²) in [4.78, 5) is 2.50. The van der Waals surface area contributed by atoms with Gasteiger partial charge in [0.15, 0.2) is 5.16 Å². The van der Waals surface area contributed by atoms with E-state index in [1.165, 1.54) is 17.7 Å². The van der Waals surface area contributed by atoms with Crippen LogP contribution < -0.4 is 4.74 Å². The van der Waals surface area contributed by atoms with Gasteiger partial charge >= 0.3 is 0 Å². The second-order valence-electron chi connectivity index (χ2n) is 9.36. The Morgan fingerprint density at radius 2 is 1.86 bits per heavy atom. The highest BCUT2D eigenvalue weighted by Crippen LogP contribution is 2.32. The highest BCUT2D eigenvalue weighted by Gasteiger charge is 2.28. The van der Waals surface area contributed by atoms with Crippen LogP contribution in [0.5, 0.6) is 5.75 Å². The van der Waals surface area contributed by atoms with Crippen LogP contribution in [-0.4, -0.2) is 52.6 Å². The van der Waals surface area contributed by atoms with E-state index in [0.717, 1.165) is 86.5 Å². The van der Waals surface area contributed by atoms with Crippen molar-refractivity contribution < 1.29 is 13.9 Å². The summed E-state index contributed by atoms with van der Waals surface area (Å²) in [6.45, 7) is 4.58. The smallest absolute Gasteiger partial charge is 0.191 e. The molecule has 2 aliphatic rings. The number of methoxy groups -OCH3 is 1. The van der Waals surface area contributed by atoms with Crippen molar-refractivity contribution in [2.45, 2.75) is 61.7 Å². The molecule has 6 nitrogen and oxygen atoms in total. The van der Waals surface area contributed by atoms with Crippen LogP contribution in [0.4, 0.5) is 4.39 Å². The van der Waals surface area contributed by atoms with Crippen molar-refractivity contribution in [2.75, 3.05) is 26.8 Å². The van der Waals surface area contributed by atoms with Gasteiger partial charge in [-0.25, -0.2) is 4.39 Å².